The molecular weight excluding hydrogens is 51.0 g/mol. The van der Waals surface area contributed by atoms with Gasteiger partial charge in [-0.05, 0) is 0 Å². The van der Waals surface area contributed by atoms with Gasteiger partial charge in [-0.2, -0.15) is 0 Å². The lowest BCUT2D eigenvalue weighted by Crippen LogP contribution is -1.86. The standard InChI is InChI=1S/C3H8N/c1-4(2)3/h1H2,2-3H3/q+1/i1+1. The van der Waals surface area contributed by atoms with Crippen LogP contribution in [0.3, 0.4) is 0 Å². The minimum atomic E-state index is 1.75. The summed E-state index contributed by atoms with van der Waals surface area (Å²) in [5, 5.41) is 0. The molecule has 4 heavy (non-hydrogen) atoms. The van der Waals surface area contributed by atoms with Crippen molar-refractivity contribution in [2.24, 2.45) is 0 Å². The molecule has 24 valence electrons. The summed E-state index contributed by atoms with van der Waals surface area (Å²) in [6, 6.07) is 0. The molecule has 0 saturated heterocycles. The molecule has 0 radical (unpaired) electrons. The van der Waals surface area contributed by atoms with E-state index >= 15 is 0 Å². The second-order valence-corrected chi connectivity index (χ2v) is 1.08. The van der Waals surface area contributed by atoms with E-state index in [0.29, 0.717) is 0 Å². The smallest absolute Gasteiger partial charge is 0.131 e. The third-order valence-corrected chi connectivity index (χ3v) is 0. The Hall–Kier alpha value is -0.330. The van der Waals surface area contributed by atoms with Crippen LogP contribution in [0.2, 0.25) is 0 Å². The number of hydrogen-bond donors (Lipinski definition) is 0. The Balaban J connectivity index is 2.80. The third-order valence-electron chi connectivity index (χ3n) is 0. The van der Waals surface area contributed by atoms with Crippen molar-refractivity contribution in [1.29, 1.82) is 0 Å². The van der Waals surface area contributed by atoms with E-state index in [1.54, 1.807) is 4.58 Å². The lowest BCUT2D eigenvalue weighted by atomic mass is 11.2. The van der Waals surface area contributed by atoms with Gasteiger partial charge in [0.25, 0.3) is 0 Å². The summed E-state index contributed by atoms with van der Waals surface area (Å²) in [6.45, 7) is 3.47. The molecule has 0 aliphatic rings. The van der Waals surface area contributed by atoms with Crippen molar-refractivity contribution in [2.75, 3.05) is 14.1 Å². The fourth-order valence-electron chi connectivity index (χ4n) is 0. The van der Waals surface area contributed by atoms with Gasteiger partial charge in [0.15, 0.2) is 0 Å². The molecule has 0 spiro atoms. The van der Waals surface area contributed by atoms with Crippen molar-refractivity contribution >= 4 is 6.72 Å². The fraction of sp³-hybridized carbons (Fsp3) is 0.667. The van der Waals surface area contributed by atoms with E-state index in [-0.39, 0.29) is 0 Å². The average molecular weight is 59.1 g/mol. The van der Waals surface area contributed by atoms with Crippen molar-refractivity contribution in [3.8, 4) is 0 Å². The zero-order valence-corrected chi connectivity index (χ0v) is 3.15. The van der Waals surface area contributed by atoms with Gasteiger partial charge in [-0.15, -0.1) is 0 Å². The molecule has 0 atom stereocenters. The van der Waals surface area contributed by atoms with Crippen LogP contribution in [0.25, 0.3) is 0 Å². The first kappa shape index (κ1) is 3.67. The van der Waals surface area contributed by atoms with Crippen LogP contribution < -0.4 is 0 Å². The van der Waals surface area contributed by atoms with Gasteiger partial charge in [0.2, 0.25) is 0 Å². The molecular formula is C3H8N+. The molecule has 0 aliphatic heterocycles. The highest BCUT2D eigenvalue weighted by Gasteiger charge is 1.53. The van der Waals surface area contributed by atoms with Crippen LogP contribution in [0.5, 0.6) is 0 Å². The molecule has 0 aromatic heterocycles. The van der Waals surface area contributed by atoms with E-state index in [0.717, 1.165) is 0 Å². The molecule has 0 aliphatic carbocycles. The molecule has 0 bridgehead atoms. The maximum Gasteiger partial charge on any atom is 0.131 e. The van der Waals surface area contributed by atoms with Crippen molar-refractivity contribution in [3.63, 3.8) is 0 Å². The molecule has 0 rings (SSSR count). The van der Waals surface area contributed by atoms with Gasteiger partial charge in [-0.3, -0.25) is 0 Å². The number of rotatable bonds is 0. The van der Waals surface area contributed by atoms with Crippen LogP contribution in [0, 0.1) is 0 Å². The van der Waals surface area contributed by atoms with Gasteiger partial charge >= 0.3 is 0 Å². The Labute approximate surface area is 26.6 Å². The van der Waals surface area contributed by atoms with Gasteiger partial charge in [-0.1, -0.05) is 0 Å². The quantitative estimate of drug-likeness (QED) is 0.209. The third kappa shape index (κ3) is 6.88. The largest absolute Gasteiger partial charge is 0.248 e. The topological polar surface area (TPSA) is 3.01 Å². The van der Waals surface area contributed by atoms with E-state index in [9.17, 15) is 0 Å². The second-order valence-electron chi connectivity index (χ2n) is 1.08. The Morgan fingerprint density at radius 1 is 1.50 bits per heavy atom. The monoisotopic (exact) mass is 59.1 g/mol. The summed E-state index contributed by atoms with van der Waals surface area (Å²) in [5.41, 5.74) is 0. The van der Waals surface area contributed by atoms with Crippen molar-refractivity contribution in [3.05, 3.63) is 0 Å². The summed E-state index contributed by atoms with van der Waals surface area (Å²) >= 11 is 0. The SMILES string of the molecule is C[N+](C)=[13CH2]. The van der Waals surface area contributed by atoms with Crippen LogP contribution in [-0.4, -0.2) is 25.4 Å². The molecule has 0 unspecified atom stereocenters. The number of nitrogens with zero attached hydrogens (tertiary/aromatic N) is 1. The first-order valence-electron chi connectivity index (χ1n) is 1.21. The van der Waals surface area contributed by atoms with Gasteiger partial charge in [0.05, 0.1) is 0 Å². The lowest BCUT2D eigenvalue weighted by Gasteiger charge is -1.65. The van der Waals surface area contributed by atoms with E-state index in [2.05, 4.69) is 6.72 Å². The average Bonchev–Trinajstić information content (AvgIpc) is 0.811. The first-order chi connectivity index (χ1) is 1.73. The van der Waals surface area contributed by atoms with Crippen molar-refractivity contribution in [1.82, 2.24) is 0 Å². The maximum absolute atomic E-state index is 3.47. The summed E-state index contributed by atoms with van der Waals surface area (Å²) in [4.78, 5) is 0. The first-order valence-corrected chi connectivity index (χ1v) is 1.21. The highest BCUT2D eigenvalue weighted by molar-refractivity contribution is 5.13. The highest BCUT2D eigenvalue weighted by atomic mass is 14.9. The maximum atomic E-state index is 3.47. The molecule has 1 heteroatoms. The van der Waals surface area contributed by atoms with Crippen LogP contribution >= 0.6 is 0 Å². The predicted octanol–water partition coefficient (Wildman–Crippen LogP) is -0.0409. The Morgan fingerprint density at radius 3 is 1.50 bits per heavy atom. The Bertz CT molecular complexity index is 26.3. The molecule has 0 saturated carbocycles. The van der Waals surface area contributed by atoms with Gasteiger partial charge < -0.3 is 0 Å². The van der Waals surface area contributed by atoms with E-state index in [1.165, 1.54) is 0 Å². The molecule has 0 heterocycles. The van der Waals surface area contributed by atoms with E-state index in [4.69, 9.17) is 0 Å². The summed E-state index contributed by atoms with van der Waals surface area (Å²) in [6.07, 6.45) is 0. The molecule has 1 nitrogen and oxygen atoms in total. The van der Waals surface area contributed by atoms with E-state index in [1.807, 2.05) is 14.1 Å². The Kier molecular flexibility index (Phi) is 0.958. The molecule has 0 N–H and O–H groups in total. The Morgan fingerprint density at radius 2 is 1.50 bits per heavy atom. The normalized spacial score (nSPS) is 6.50. The second kappa shape index (κ2) is 1.04. The highest BCUT2D eigenvalue weighted by Crippen LogP contribution is 1.30. The molecule has 0 fully saturated rings. The van der Waals surface area contributed by atoms with Gasteiger partial charge in [0.1, 0.15) is 20.8 Å². The fourth-order valence-corrected chi connectivity index (χ4v) is 0. The van der Waals surface area contributed by atoms with Crippen LogP contribution in [0.15, 0.2) is 0 Å². The van der Waals surface area contributed by atoms with Gasteiger partial charge in [-0.25, -0.2) is 4.58 Å². The molecule has 0 amide bonds. The summed E-state index contributed by atoms with van der Waals surface area (Å²) in [5.74, 6) is 0. The van der Waals surface area contributed by atoms with Gasteiger partial charge in [0, 0.05) is 0 Å². The van der Waals surface area contributed by atoms with Crippen LogP contribution in [0.4, 0.5) is 0 Å². The van der Waals surface area contributed by atoms with Crippen molar-refractivity contribution in [2.45, 2.75) is 0 Å². The molecule has 0 aromatic carbocycles. The lowest BCUT2D eigenvalue weighted by molar-refractivity contribution is -0.454. The molecule has 0 aromatic rings. The zero-order chi connectivity index (χ0) is 3.58. The minimum Gasteiger partial charge on any atom is -0.248 e. The predicted molar refractivity (Wildman–Crippen MR) is 19.2 cm³/mol. The van der Waals surface area contributed by atoms with Crippen LogP contribution in [-0.2, 0) is 0 Å². The number of hydrogen-bond acceptors (Lipinski definition) is 0. The van der Waals surface area contributed by atoms with Crippen molar-refractivity contribution < 1.29 is 4.58 Å². The van der Waals surface area contributed by atoms with E-state index < -0.39 is 0 Å². The zero-order valence-electron chi connectivity index (χ0n) is 3.15. The van der Waals surface area contributed by atoms with Crippen LogP contribution in [0.1, 0.15) is 0 Å². The summed E-state index contributed by atoms with van der Waals surface area (Å²) < 4.78 is 1.75. The minimum absolute atomic E-state index is 1.75. The summed E-state index contributed by atoms with van der Waals surface area (Å²) in [7, 11) is 3.78.